The molecule has 3 rings (SSSR count). The van der Waals surface area contributed by atoms with Crippen molar-refractivity contribution >= 4 is 30.6 Å². The Balaban J connectivity index is 0.00000272. The number of nitrogens with zero attached hydrogens (tertiary/aromatic N) is 2. The molecule has 1 saturated carbocycles. The predicted octanol–water partition coefficient (Wildman–Crippen LogP) is 3.21. The van der Waals surface area contributed by atoms with Gasteiger partial charge in [-0.3, -0.25) is 14.6 Å². The van der Waals surface area contributed by atoms with E-state index in [2.05, 4.69) is 35.8 Å². The molecule has 0 radical (unpaired) electrons. The van der Waals surface area contributed by atoms with Crippen LogP contribution in [-0.2, 0) is 20.7 Å². The topological polar surface area (TPSA) is 62.2 Å². The number of rotatable bonds is 10. The lowest BCUT2D eigenvalue weighted by Gasteiger charge is -2.36. The minimum atomic E-state index is -0.489. The van der Waals surface area contributed by atoms with Crippen molar-refractivity contribution in [1.29, 1.82) is 0 Å². The van der Waals surface area contributed by atoms with E-state index < -0.39 is 6.10 Å². The fourth-order valence-electron chi connectivity index (χ4n) is 4.87. The molecule has 0 bridgehead atoms. The number of β-amino-alcohol motifs (C(OH)–C–C–N with tert-alkyl or cyclic N) is 1. The van der Waals surface area contributed by atoms with Crippen LogP contribution in [0.1, 0.15) is 42.4 Å². The van der Waals surface area contributed by atoms with Gasteiger partial charge in [0.2, 0.25) is 0 Å². The normalized spacial score (nSPS) is 22.8. The first kappa shape index (κ1) is 30.3. The molecule has 3 atom stereocenters. The number of carbonyl (C=O) groups is 1. The van der Waals surface area contributed by atoms with E-state index in [1.807, 2.05) is 6.07 Å². The number of ketones is 1. The summed E-state index contributed by atoms with van der Waals surface area (Å²) in [5.41, 5.74) is 3.56. The van der Waals surface area contributed by atoms with E-state index in [4.69, 9.17) is 9.47 Å². The van der Waals surface area contributed by atoms with Crippen LogP contribution < -0.4 is 0 Å². The molecule has 1 aromatic rings. The van der Waals surface area contributed by atoms with E-state index in [0.29, 0.717) is 26.1 Å². The number of aliphatic hydroxyl groups excluding tert-OH is 1. The number of hydrogen-bond donors (Lipinski definition) is 1. The molecule has 1 aromatic carbocycles. The van der Waals surface area contributed by atoms with Crippen molar-refractivity contribution < 1.29 is 19.4 Å². The average Bonchev–Trinajstić information content (AvgIpc) is 2.76. The first-order chi connectivity index (χ1) is 15.0. The van der Waals surface area contributed by atoms with Gasteiger partial charge in [-0.1, -0.05) is 31.0 Å². The third kappa shape index (κ3) is 9.44. The molecule has 1 saturated heterocycles. The van der Waals surface area contributed by atoms with Gasteiger partial charge in [0, 0.05) is 46.3 Å². The minimum absolute atomic E-state index is 0. The second-order valence-electron chi connectivity index (χ2n) is 9.25. The summed E-state index contributed by atoms with van der Waals surface area (Å²) in [6, 6.07) is 6.20. The van der Waals surface area contributed by atoms with Crippen molar-refractivity contribution in [2.75, 3.05) is 53.0 Å². The second-order valence-corrected chi connectivity index (χ2v) is 9.25. The van der Waals surface area contributed by atoms with E-state index in [-0.39, 0.29) is 42.8 Å². The lowest BCUT2D eigenvalue weighted by Crippen LogP contribution is -2.50. The maximum atomic E-state index is 12.6. The molecular weight excluding hydrogens is 463 g/mol. The molecule has 33 heavy (non-hydrogen) atoms. The van der Waals surface area contributed by atoms with Crippen molar-refractivity contribution in [1.82, 2.24) is 9.80 Å². The highest BCUT2D eigenvalue weighted by molar-refractivity contribution is 5.85. The van der Waals surface area contributed by atoms with Crippen LogP contribution in [-0.4, -0.2) is 92.0 Å². The largest absolute Gasteiger partial charge is 0.389 e. The highest BCUT2D eigenvalue weighted by Gasteiger charge is 2.27. The number of Topliss-reactive ketones (excluding diaryl/α,β-unsaturated/α-hetero) is 1. The molecule has 2 fully saturated rings. The summed E-state index contributed by atoms with van der Waals surface area (Å²) in [5, 5.41) is 10.4. The molecule has 6 nitrogen and oxygen atoms in total. The first-order valence-corrected chi connectivity index (χ1v) is 11.8. The van der Waals surface area contributed by atoms with E-state index >= 15 is 0 Å². The number of halogens is 2. The Labute approximate surface area is 211 Å². The van der Waals surface area contributed by atoms with Crippen LogP contribution in [0.2, 0.25) is 0 Å². The van der Waals surface area contributed by atoms with Crippen LogP contribution >= 0.6 is 24.8 Å². The van der Waals surface area contributed by atoms with Crippen molar-refractivity contribution in [3.8, 4) is 0 Å². The summed E-state index contributed by atoms with van der Waals surface area (Å²) < 4.78 is 11.5. The Morgan fingerprint density at radius 3 is 2.21 bits per heavy atom. The van der Waals surface area contributed by atoms with Gasteiger partial charge < -0.3 is 14.6 Å². The Kier molecular flexibility index (Phi) is 14.1. The Bertz CT molecular complexity index is 693. The molecule has 3 unspecified atom stereocenters. The van der Waals surface area contributed by atoms with Crippen LogP contribution in [0.25, 0.3) is 0 Å². The molecule has 190 valence electrons. The lowest BCUT2D eigenvalue weighted by molar-refractivity contribution is -0.120. The summed E-state index contributed by atoms with van der Waals surface area (Å²) in [4.78, 5) is 17.1. The van der Waals surface area contributed by atoms with E-state index in [0.717, 1.165) is 39.0 Å². The predicted molar refractivity (Wildman–Crippen MR) is 137 cm³/mol. The van der Waals surface area contributed by atoms with E-state index in [9.17, 15) is 9.90 Å². The quantitative estimate of drug-likeness (QED) is 0.527. The minimum Gasteiger partial charge on any atom is -0.389 e. The van der Waals surface area contributed by atoms with Crippen LogP contribution in [0.15, 0.2) is 18.2 Å². The van der Waals surface area contributed by atoms with Gasteiger partial charge in [-0.15, -0.1) is 24.8 Å². The average molecular weight is 506 g/mol. The Hall–Kier alpha value is -0.730. The van der Waals surface area contributed by atoms with Crippen LogP contribution in [0, 0.1) is 13.8 Å². The van der Waals surface area contributed by atoms with Gasteiger partial charge in [0.05, 0.1) is 31.5 Å². The molecule has 2 aliphatic rings. The number of carbonyl (C=O) groups excluding carboxylic acids is 1. The zero-order valence-electron chi connectivity index (χ0n) is 20.3. The fraction of sp³-hybridized carbons (Fsp3) is 0.720. The molecule has 1 heterocycles. The maximum Gasteiger partial charge on any atom is 0.151 e. The smallest absolute Gasteiger partial charge is 0.151 e. The summed E-state index contributed by atoms with van der Waals surface area (Å²) in [6.45, 7) is 9.11. The van der Waals surface area contributed by atoms with Crippen LogP contribution in [0.4, 0.5) is 0 Å². The molecular formula is C25H42Cl2N2O4. The fourth-order valence-corrected chi connectivity index (χ4v) is 4.87. The summed E-state index contributed by atoms with van der Waals surface area (Å²) in [6.07, 6.45) is 4.71. The third-order valence-electron chi connectivity index (χ3n) is 6.80. The van der Waals surface area contributed by atoms with Gasteiger partial charge in [-0.2, -0.15) is 0 Å². The van der Waals surface area contributed by atoms with Gasteiger partial charge in [0.15, 0.2) is 5.78 Å². The van der Waals surface area contributed by atoms with Gasteiger partial charge >= 0.3 is 0 Å². The number of piperazine rings is 1. The standard InChI is InChI=1S/C25H40N2O4.2ClH/c1-19-7-6-8-20(2)23(19)15-21(28)16-26-11-13-27(14-12-26)17-22(29)18-31-25-10-5-4-9-24(25)30-3;;/h6-8,22,24-25,29H,4-5,9-18H2,1-3H3;2*1H. The summed E-state index contributed by atoms with van der Waals surface area (Å²) >= 11 is 0. The van der Waals surface area contributed by atoms with Gasteiger partial charge in [0.25, 0.3) is 0 Å². The number of aryl methyl sites for hydroxylation is 2. The number of benzene rings is 1. The van der Waals surface area contributed by atoms with Crippen LogP contribution in [0.3, 0.4) is 0 Å². The van der Waals surface area contributed by atoms with Gasteiger partial charge in [0.1, 0.15) is 0 Å². The summed E-state index contributed by atoms with van der Waals surface area (Å²) in [5.74, 6) is 0.277. The molecule has 1 N–H and O–H groups in total. The number of ether oxygens (including phenoxy) is 2. The van der Waals surface area contributed by atoms with Crippen LogP contribution in [0.5, 0.6) is 0 Å². The molecule has 0 amide bonds. The molecule has 1 aliphatic carbocycles. The molecule has 1 aliphatic heterocycles. The van der Waals surface area contributed by atoms with Crippen molar-refractivity contribution in [2.24, 2.45) is 0 Å². The summed E-state index contributed by atoms with van der Waals surface area (Å²) in [7, 11) is 1.75. The third-order valence-corrected chi connectivity index (χ3v) is 6.80. The number of aliphatic hydroxyl groups is 1. The molecule has 0 spiro atoms. The maximum absolute atomic E-state index is 12.6. The Morgan fingerprint density at radius 2 is 1.61 bits per heavy atom. The highest BCUT2D eigenvalue weighted by Crippen LogP contribution is 2.23. The SMILES string of the molecule is COC1CCCCC1OCC(O)CN1CCN(CC(=O)Cc2c(C)cccc2C)CC1.Cl.Cl. The monoisotopic (exact) mass is 504 g/mol. The van der Waals surface area contributed by atoms with Crippen molar-refractivity contribution in [2.45, 2.75) is 64.3 Å². The van der Waals surface area contributed by atoms with Crippen molar-refractivity contribution in [3.05, 3.63) is 34.9 Å². The number of methoxy groups -OCH3 is 1. The highest BCUT2D eigenvalue weighted by atomic mass is 35.5. The second kappa shape index (κ2) is 15.3. The van der Waals surface area contributed by atoms with Gasteiger partial charge in [-0.05, 0) is 43.4 Å². The zero-order valence-corrected chi connectivity index (χ0v) is 22.0. The number of hydrogen-bond acceptors (Lipinski definition) is 6. The van der Waals surface area contributed by atoms with E-state index in [1.54, 1.807) is 7.11 Å². The Morgan fingerprint density at radius 1 is 1.03 bits per heavy atom. The molecule has 8 heteroatoms. The van der Waals surface area contributed by atoms with E-state index in [1.165, 1.54) is 29.5 Å². The molecule has 0 aromatic heterocycles. The lowest BCUT2D eigenvalue weighted by atomic mass is 9.94. The zero-order chi connectivity index (χ0) is 22.2. The first-order valence-electron chi connectivity index (χ1n) is 11.8. The van der Waals surface area contributed by atoms with Gasteiger partial charge in [-0.25, -0.2) is 0 Å². The van der Waals surface area contributed by atoms with Crippen molar-refractivity contribution in [3.63, 3.8) is 0 Å².